The van der Waals surface area contributed by atoms with Crippen molar-refractivity contribution in [3.8, 4) is 11.1 Å². The van der Waals surface area contributed by atoms with Crippen molar-refractivity contribution in [2.75, 3.05) is 18.0 Å². The van der Waals surface area contributed by atoms with Crippen LogP contribution in [0.4, 0.5) is 11.5 Å². The van der Waals surface area contributed by atoms with Gasteiger partial charge in [-0.2, -0.15) is 4.98 Å². The maximum atomic E-state index is 11.1. The molecule has 2 aromatic heterocycles. The van der Waals surface area contributed by atoms with E-state index in [1.165, 1.54) is 17.4 Å². The van der Waals surface area contributed by atoms with Crippen LogP contribution in [0.15, 0.2) is 29.6 Å². The summed E-state index contributed by atoms with van der Waals surface area (Å²) in [6.45, 7) is 5.90. The summed E-state index contributed by atoms with van der Waals surface area (Å²) in [4.78, 5) is 22.6. The van der Waals surface area contributed by atoms with Gasteiger partial charge in [0.05, 0.1) is 10.3 Å². The number of hydrogen-bond donors (Lipinski definition) is 0. The molecule has 136 valence electrons. The number of aromatic nitrogens is 2. The molecule has 0 aliphatic rings. The average Bonchev–Trinajstić information content (AvgIpc) is 3.06. The van der Waals surface area contributed by atoms with Crippen molar-refractivity contribution in [3.63, 3.8) is 0 Å². The predicted molar refractivity (Wildman–Crippen MR) is 107 cm³/mol. The quantitative estimate of drug-likeness (QED) is 0.300. The first-order chi connectivity index (χ1) is 12.5. The van der Waals surface area contributed by atoms with E-state index in [9.17, 15) is 10.1 Å². The molecule has 8 heteroatoms. The largest absolute Gasteiger partial charge is 0.356 e. The maximum Gasteiger partial charge on any atom is 0.270 e. The topological polar surface area (TPSA) is 72.2 Å². The van der Waals surface area contributed by atoms with Crippen LogP contribution in [0.5, 0.6) is 0 Å². The van der Waals surface area contributed by atoms with Crippen molar-refractivity contribution in [2.24, 2.45) is 0 Å². The highest BCUT2D eigenvalue weighted by Gasteiger charge is 2.19. The highest BCUT2D eigenvalue weighted by molar-refractivity contribution is 7.17. The van der Waals surface area contributed by atoms with Gasteiger partial charge in [-0.15, -0.1) is 11.3 Å². The molecule has 26 heavy (non-hydrogen) atoms. The number of nitro benzene ring substituents is 1. The molecule has 0 saturated carbocycles. The van der Waals surface area contributed by atoms with Crippen molar-refractivity contribution >= 4 is 44.7 Å². The number of nitrogens with zero attached hydrogens (tertiary/aromatic N) is 4. The van der Waals surface area contributed by atoms with Crippen molar-refractivity contribution < 1.29 is 4.92 Å². The van der Waals surface area contributed by atoms with Crippen LogP contribution in [0.1, 0.15) is 26.7 Å². The van der Waals surface area contributed by atoms with Gasteiger partial charge in [0.1, 0.15) is 10.6 Å². The third kappa shape index (κ3) is 3.64. The zero-order valence-corrected chi connectivity index (χ0v) is 16.2. The number of hydrogen-bond acceptors (Lipinski definition) is 6. The number of benzene rings is 1. The second-order valence-electron chi connectivity index (χ2n) is 5.89. The molecule has 0 N–H and O–H groups in total. The fraction of sp³-hybridized carbons (Fsp3) is 0.333. The zero-order chi connectivity index (χ0) is 18.7. The van der Waals surface area contributed by atoms with Crippen molar-refractivity contribution in [2.45, 2.75) is 26.7 Å². The van der Waals surface area contributed by atoms with Crippen LogP contribution < -0.4 is 4.90 Å². The Balaban J connectivity index is 2.19. The summed E-state index contributed by atoms with van der Waals surface area (Å²) in [6, 6.07) is 6.64. The Morgan fingerprint density at radius 2 is 2.12 bits per heavy atom. The van der Waals surface area contributed by atoms with Crippen LogP contribution in [-0.4, -0.2) is 28.0 Å². The Morgan fingerprint density at radius 1 is 1.31 bits per heavy atom. The second-order valence-corrected chi connectivity index (χ2v) is 7.08. The molecule has 1 aromatic carbocycles. The van der Waals surface area contributed by atoms with Gasteiger partial charge in [0.2, 0.25) is 5.28 Å². The van der Waals surface area contributed by atoms with Gasteiger partial charge in [0.15, 0.2) is 0 Å². The SMILES string of the molecule is CCCCN(CC)c1nc(Cl)nc2scc(-c3cccc([N+](=O)[O-])c3)c12. The average molecular weight is 391 g/mol. The normalized spacial score (nSPS) is 11.0. The smallest absolute Gasteiger partial charge is 0.270 e. The monoisotopic (exact) mass is 390 g/mol. The van der Waals surface area contributed by atoms with Crippen molar-refractivity contribution in [1.29, 1.82) is 0 Å². The summed E-state index contributed by atoms with van der Waals surface area (Å²) < 4.78 is 0. The van der Waals surface area contributed by atoms with Gasteiger partial charge >= 0.3 is 0 Å². The second kappa shape index (κ2) is 7.97. The minimum absolute atomic E-state index is 0.0663. The van der Waals surface area contributed by atoms with Crippen LogP contribution in [0.2, 0.25) is 5.28 Å². The number of thiophene rings is 1. The predicted octanol–water partition coefficient (Wildman–Crippen LogP) is 5.55. The summed E-state index contributed by atoms with van der Waals surface area (Å²) in [5.41, 5.74) is 1.75. The van der Waals surface area contributed by atoms with Gasteiger partial charge in [-0.3, -0.25) is 10.1 Å². The van der Waals surface area contributed by atoms with Crippen molar-refractivity contribution in [3.05, 3.63) is 45.0 Å². The summed E-state index contributed by atoms with van der Waals surface area (Å²) >= 11 is 7.62. The molecule has 0 saturated heterocycles. The van der Waals surface area contributed by atoms with Gasteiger partial charge in [-0.25, -0.2) is 4.98 Å². The number of fused-ring (bicyclic) bond motifs is 1. The van der Waals surface area contributed by atoms with E-state index in [4.69, 9.17) is 11.6 Å². The number of nitro groups is 1. The van der Waals surface area contributed by atoms with Crippen LogP contribution >= 0.6 is 22.9 Å². The number of non-ortho nitro benzene ring substituents is 1. The lowest BCUT2D eigenvalue weighted by atomic mass is 10.1. The van der Waals surface area contributed by atoms with Gasteiger partial charge < -0.3 is 4.90 Å². The highest BCUT2D eigenvalue weighted by Crippen LogP contribution is 2.39. The number of rotatable bonds is 7. The first-order valence-corrected chi connectivity index (χ1v) is 9.75. The lowest BCUT2D eigenvalue weighted by Crippen LogP contribution is -2.25. The van der Waals surface area contributed by atoms with Crippen LogP contribution in [-0.2, 0) is 0 Å². The lowest BCUT2D eigenvalue weighted by molar-refractivity contribution is -0.384. The molecular formula is C18H19ClN4O2S. The molecule has 3 rings (SSSR count). The Morgan fingerprint density at radius 3 is 2.81 bits per heavy atom. The summed E-state index contributed by atoms with van der Waals surface area (Å²) in [5, 5.41) is 14.2. The first-order valence-electron chi connectivity index (χ1n) is 8.49. The number of halogens is 1. The van der Waals surface area contributed by atoms with Crippen LogP contribution in [0, 0.1) is 10.1 Å². The van der Waals surface area contributed by atoms with E-state index in [2.05, 4.69) is 28.7 Å². The maximum absolute atomic E-state index is 11.1. The minimum Gasteiger partial charge on any atom is -0.356 e. The Bertz CT molecular complexity index is 944. The Hall–Kier alpha value is -2.25. The molecule has 0 unspecified atom stereocenters. The molecule has 0 atom stereocenters. The summed E-state index contributed by atoms with van der Waals surface area (Å²) in [5.74, 6) is 0.790. The molecule has 0 aliphatic heterocycles. The Labute approximate surface area is 160 Å². The molecule has 2 heterocycles. The minimum atomic E-state index is -0.383. The molecule has 0 amide bonds. The number of anilines is 1. The van der Waals surface area contributed by atoms with E-state index in [-0.39, 0.29) is 15.9 Å². The van der Waals surface area contributed by atoms with E-state index in [0.717, 1.165) is 53.1 Å². The van der Waals surface area contributed by atoms with Crippen molar-refractivity contribution in [1.82, 2.24) is 9.97 Å². The first kappa shape index (κ1) is 18.5. The highest BCUT2D eigenvalue weighted by atomic mass is 35.5. The van der Waals surface area contributed by atoms with Gasteiger partial charge in [-0.05, 0) is 30.5 Å². The standard InChI is InChI=1S/C18H19ClN4O2S/c1-3-5-9-22(4-2)16-15-14(11-26-17(15)21-18(19)20-16)12-7-6-8-13(10-12)23(24)25/h6-8,10-11H,3-5,9H2,1-2H3. The number of unbranched alkanes of at least 4 members (excludes halogenated alkanes) is 1. The molecule has 0 aliphatic carbocycles. The lowest BCUT2D eigenvalue weighted by Gasteiger charge is -2.23. The van der Waals surface area contributed by atoms with Gasteiger partial charge in [0, 0.05) is 36.2 Å². The molecule has 0 fully saturated rings. The fourth-order valence-corrected chi connectivity index (χ4v) is 4.05. The van der Waals surface area contributed by atoms with E-state index in [1.807, 2.05) is 11.4 Å². The van der Waals surface area contributed by atoms with E-state index in [1.54, 1.807) is 12.1 Å². The third-order valence-electron chi connectivity index (χ3n) is 4.22. The summed E-state index contributed by atoms with van der Waals surface area (Å²) in [6.07, 6.45) is 2.13. The van der Waals surface area contributed by atoms with Crippen LogP contribution in [0.25, 0.3) is 21.3 Å². The van der Waals surface area contributed by atoms with E-state index >= 15 is 0 Å². The van der Waals surface area contributed by atoms with Crippen LogP contribution in [0.3, 0.4) is 0 Å². The molecule has 6 nitrogen and oxygen atoms in total. The molecule has 0 spiro atoms. The molecule has 0 bridgehead atoms. The fourth-order valence-electron chi connectivity index (χ4n) is 2.89. The zero-order valence-electron chi connectivity index (χ0n) is 14.6. The van der Waals surface area contributed by atoms with E-state index in [0.29, 0.717) is 0 Å². The molecule has 0 radical (unpaired) electrons. The van der Waals surface area contributed by atoms with Gasteiger partial charge in [0.25, 0.3) is 5.69 Å². The Kier molecular flexibility index (Phi) is 5.68. The molecular weight excluding hydrogens is 372 g/mol. The van der Waals surface area contributed by atoms with Gasteiger partial charge in [-0.1, -0.05) is 25.5 Å². The molecule has 3 aromatic rings. The third-order valence-corrected chi connectivity index (χ3v) is 5.26. The summed E-state index contributed by atoms with van der Waals surface area (Å²) in [7, 11) is 0. The van der Waals surface area contributed by atoms with E-state index < -0.39 is 0 Å².